The molecule has 2 aromatic rings. The van der Waals surface area contributed by atoms with Crippen molar-refractivity contribution >= 4 is 34.6 Å². The van der Waals surface area contributed by atoms with E-state index in [4.69, 9.17) is 22.2 Å². The number of methoxy groups -OCH3 is 1. The first kappa shape index (κ1) is 13.9. The number of hydrogen-bond acceptors (Lipinski definition) is 7. The molecule has 0 radical (unpaired) electrons. The number of rotatable bonds is 5. The SMILES string of the molecule is COc1c(NN)ncnc1NC(C)c1ccc(Cl)s1. The summed E-state index contributed by atoms with van der Waals surface area (Å²) in [7, 11) is 1.54. The van der Waals surface area contributed by atoms with Crippen LogP contribution in [0.4, 0.5) is 11.6 Å². The van der Waals surface area contributed by atoms with Crippen molar-refractivity contribution in [3.05, 3.63) is 27.7 Å². The van der Waals surface area contributed by atoms with E-state index in [1.807, 2.05) is 19.1 Å². The first-order chi connectivity index (χ1) is 9.15. The van der Waals surface area contributed by atoms with Crippen molar-refractivity contribution in [2.45, 2.75) is 13.0 Å². The van der Waals surface area contributed by atoms with E-state index in [1.54, 1.807) is 0 Å². The Morgan fingerprint density at radius 3 is 2.68 bits per heavy atom. The summed E-state index contributed by atoms with van der Waals surface area (Å²) in [4.78, 5) is 9.25. The number of aromatic nitrogens is 2. The summed E-state index contributed by atoms with van der Waals surface area (Å²) in [6, 6.07) is 3.89. The van der Waals surface area contributed by atoms with Gasteiger partial charge in [-0.1, -0.05) is 11.6 Å². The summed E-state index contributed by atoms with van der Waals surface area (Å²) in [5.41, 5.74) is 2.47. The molecule has 1 atom stereocenters. The smallest absolute Gasteiger partial charge is 0.205 e. The first-order valence-electron chi connectivity index (χ1n) is 5.53. The van der Waals surface area contributed by atoms with Crippen molar-refractivity contribution in [2.75, 3.05) is 17.9 Å². The molecule has 2 aromatic heterocycles. The van der Waals surface area contributed by atoms with Crippen molar-refractivity contribution in [3.63, 3.8) is 0 Å². The standard InChI is InChI=1S/C11H14ClN5OS/c1-6(7-3-4-8(12)19-7)16-10-9(18-2)11(17-13)15-5-14-10/h3-6H,13H2,1-2H3,(H2,14,15,16,17). The van der Waals surface area contributed by atoms with Gasteiger partial charge in [-0.25, -0.2) is 15.8 Å². The molecule has 102 valence electrons. The van der Waals surface area contributed by atoms with Gasteiger partial charge in [-0.05, 0) is 19.1 Å². The van der Waals surface area contributed by atoms with Crippen LogP contribution in [0.1, 0.15) is 17.8 Å². The lowest BCUT2D eigenvalue weighted by molar-refractivity contribution is 0.414. The van der Waals surface area contributed by atoms with E-state index < -0.39 is 0 Å². The van der Waals surface area contributed by atoms with E-state index in [9.17, 15) is 0 Å². The zero-order chi connectivity index (χ0) is 13.8. The Morgan fingerprint density at radius 1 is 1.37 bits per heavy atom. The number of nitrogens with one attached hydrogen (secondary N) is 2. The second kappa shape index (κ2) is 6.05. The van der Waals surface area contributed by atoms with Crippen LogP contribution in [-0.4, -0.2) is 17.1 Å². The number of hydrazine groups is 1. The molecule has 2 rings (SSSR count). The van der Waals surface area contributed by atoms with E-state index in [-0.39, 0.29) is 6.04 Å². The van der Waals surface area contributed by atoms with Gasteiger partial charge in [0.05, 0.1) is 17.5 Å². The summed E-state index contributed by atoms with van der Waals surface area (Å²) < 4.78 is 6.01. The van der Waals surface area contributed by atoms with Gasteiger partial charge in [0.25, 0.3) is 0 Å². The summed E-state index contributed by atoms with van der Waals surface area (Å²) in [5.74, 6) is 6.85. The average Bonchev–Trinajstić information content (AvgIpc) is 2.85. The Labute approximate surface area is 119 Å². The zero-order valence-corrected chi connectivity index (χ0v) is 12.0. The molecule has 0 saturated heterocycles. The van der Waals surface area contributed by atoms with Gasteiger partial charge in [-0.15, -0.1) is 11.3 Å². The fourth-order valence-corrected chi connectivity index (χ4v) is 2.67. The Kier molecular flexibility index (Phi) is 4.41. The Balaban J connectivity index is 2.23. The van der Waals surface area contributed by atoms with Gasteiger partial charge in [0.15, 0.2) is 11.6 Å². The molecule has 0 bridgehead atoms. The number of nitrogens with two attached hydrogens (primary N) is 1. The summed E-state index contributed by atoms with van der Waals surface area (Å²) >= 11 is 7.44. The third-order valence-corrected chi connectivity index (χ3v) is 3.93. The third-order valence-electron chi connectivity index (χ3n) is 2.52. The molecule has 8 heteroatoms. The highest BCUT2D eigenvalue weighted by Gasteiger charge is 2.15. The minimum Gasteiger partial charge on any atom is -0.490 e. The summed E-state index contributed by atoms with van der Waals surface area (Å²) in [6.07, 6.45) is 1.41. The maximum absolute atomic E-state index is 5.93. The zero-order valence-electron chi connectivity index (χ0n) is 10.5. The Bertz CT molecular complexity index is 562. The minimum atomic E-state index is 0.0481. The molecule has 0 saturated carbocycles. The Morgan fingerprint density at radius 2 is 2.11 bits per heavy atom. The van der Waals surface area contributed by atoms with Crippen LogP contribution in [0.5, 0.6) is 5.75 Å². The van der Waals surface area contributed by atoms with Crippen LogP contribution in [0.2, 0.25) is 4.34 Å². The Hall–Kier alpha value is -1.57. The number of halogens is 1. The number of hydrogen-bond donors (Lipinski definition) is 3. The van der Waals surface area contributed by atoms with Crippen LogP contribution in [0.3, 0.4) is 0 Å². The van der Waals surface area contributed by atoms with E-state index in [1.165, 1.54) is 24.8 Å². The average molecular weight is 300 g/mol. The molecule has 0 aromatic carbocycles. The molecule has 6 nitrogen and oxygen atoms in total. The predicted octanol–water partition coefficient (Wildman–Crippen LogP) is 2.66. The highest BCUT2D eigenvalue weighted by atomic mass is 35.5. The lowest BCUT2D eigenvalue weighted by atomic mass is 10.2. The molecule has 0 aliphatic heterocycles. The number of ether oxygens (including phenoxy) is 1. The van der Waals surface area contributed by atoms with Crippen LogP contribution < -0.4 is 21.3 Å². The summed E-state index contributed by atoms with van der Waals surface area (Å²) in [5, 5.41) is 3.25. The van der Waals surface area contributed by atoms with Crippen molar-refractivity contribution in [2.24, 2.45) is 5.84 Å². The third kappa shape index (κ3) is 3.06. The van der Waals surface area contributed by atoms with Gasteiger partial charge in [-0.3, -0.25) is 0 Å². The van der Waals surface area contributed by atoms with Crippen molar-refractivity contribution in [3.8, 4) is 5.75 Å². The normalized spacial score (nSPS) is 12.0. The number of nitrogen functional groups attached to an aromatic ring is 1. The van der Waals surface area contributed by atoms with Crippen molar-refractivity contribution < 1.29 is 4.74 Å². The molecule has 0 amide bonds. The van der Waals surface area contributed by atoms with E-state index >= 15 is 0 Å². The fourth-order valence-electron chi connectivity index (χ4n) is 1.61. The molecule has 0 fully saturated rings. The second-order valence-corrected chi connectivity index (χ2v) is 5.50. The van der Waals surface area contributed by atoms with Crippen LogP contribution >= 0.6 is 22.9 Å². The number of nitrogens with zero attached hydrogens (tertiary/aromatic N) is 2. The van der Waals surface area contributed by atoms with Gasteiger partial charge >= 0.3 is 0 Å². The van der Waals surface area contributed by atoms with Crippen molar-refractivity contribution in [1.82, 2.24) is 9.97 Å². The van der Waals surface area contributed by atoms with Gasteiger partial charge in [-0.2, -0.15) is 0 Å². The topological polar surface area (TPSA) is 85.1 Å². The maximum atomic E-state index is 5.93. The monoisotopic (exact) mass is 299 g/mol. The van der Waals surface area contributed by atoms with Crippen LogP contribution in [0, 0.1) is 0 Å². The van der Waals surface area contributed by atoms with Gasteiger partial charge in [0.1, 0.15) is 6.33 Å². The van der Waals surface area contributed by atoms with Crippen LogP contribution in [-0.2, 0) is 0 Å². The highest BCUT2D eigenvalue weighted by Crippen LogP contribution is 2.33. The van der Waals surface area contributed by atoms with Gasteiger partial charge < -0.3 is 15.5 Å². The van der Waals surface area contributed by atoms with E-state index in [0.29, 0.717) is 17.4 Å². The van der Waals surface area contributed by atoms with E-state index in [2.05, 4.69) is 20.7 Å². The largest absolute Gasteiger partial charge is 0.490 e. The summed E-state index contributed by atoms with van der Waals surface area (Å²) in [6.45, 7) is 2.01. The molecule has 19 heavy (non-hydrogen) atoms. The molecule has 0 aliphatic rings. The number of thiophene rings is 1. The highest BCUT2D eigenvalue weighted by molar-refractivity contribution is 7.16. The number of anilines is 2. The van der Waals surface area contributed by atoms with Gasteiger partial charge in [0.2, 0.25) is 5.75 Å². The van der Waals surface area contributed by atoms with Gasteiger partial charge in [0, 0.05) is 4.88 Å². The molecule has 2 heterocycles. The minimum absolute atomic E-state index is 0.0481. The van der Waals surface area contributed by atoms with E-state index in [0.717, 1.165) is 9.21 Å². The molecular weight excluding hydrogens is 286 g/mol. The second-order valence-electron chi connectivity index (χ2n) is 3.76. The first-order valence-corrected chi connectivity index (χ1v) is 6.72. The van der Waals surface area contributed by atoms with Crippen molar-refractivity contribution in [1.29, 1.82) is 0 Å². The maximum Gasteiger partial charge on any atom is 0.205 e. The molecule has 0 aliphatic carbocycles. The fraction of sp³-hybridized carbons (Fsp3) is 0.273. The molecule has 1 unspecified atom stereocenters. The quantitative estimate of drug-likeness (QED) is 0.581. The molecular formula is C11H14ClN5OS. The molecule has 0 spiro atoms. The lowest BCUT2D eigenvalue weighted by Crippen LogP contribution is -2.13. The van der Waals surface area contributed by atoms with Crippen LogP contribution in [0.25, 0.3) is 0 Å². The molecule has 4 N–H and O–H groups in total. The predicted molar refractivity (Wildman–Crippen MR) is 77.8 cm³/mol. The van der Waals surface area contributed by atoms with Crippen LogP contribution in [0.15, 0.2) is 18.5 Å². The lowest BCUT2D eigenvalue weighted by Gasteiger charge is -2.16.